The second-order valence-corrected chi connectivity index (χ2v) is 9.84. The zero-order valence-electron chi connectivity index (χ0n) is 15.3. The first-order valence-corrected chi connectivity index (χ1v) is 11.4. The summed E-state index contributed by atoms with van der Waals surface area (Å²) in [5.74, 6) is -0.909. The van der Waals surface area contributed by atoms with E-state index in [-0.39, 0.29) is 27.3 Å². The molecule has 2 heterocycles. The molecule has 0 aliphatic carbocycles. The molecular formula is C21H14ClFN2O3S2. The summed E-state index contributed by atoms with van der Waals surface area (Å²) in [4.78, 5) is 16.7. The van der Waals surface area contributed by atoms with Crippen LogP contribution in [0, 0.1) is 5.82 Å². The van der Waals surface area contributed by atoms with Gasteiger partial charge in [-0.2, -0.15) is 0 Å². The van der Waals surface area contributed by atoms with Crippen molar-refractivity contribution >= 4 is 48.8 Å². The lowest BCUT2D eigenvalue weighted by Crippen LogP contribution is -2.21. The number of rotatable bonds is 5. The molecule has 0 aliphatic heterocycles. The zero-order valence-corrected chi connectivity index (χ0v) is 17.7. The van der Waals surface area contributed by atoms with Gasteiger partial charge in [0.25, 0.3) is 5.91 Å². The summed E-state index contributed by atoms with van der Waals surface area (Å²) in [5.41, 5.74) is 0.718. The maximum atomic E-state index is 13.5. The standard InChI is InChI=1S/C21H14ClFN2O3S2/c22-17-6-3-15(23)10-20(17)30(27,28)16-4-1-13(2-5-16)11-25-21(26)19-9-14-12-24-8-7-18(14)29-19/h1-10,12H,11H2,(H,25,26). The summed E-state index contributed by atoms with van der Waals surface area (Å²) >= 11 is 7.31. The first-order valence-electron chi connectivity index (χ1n) is 8.75. The van der Waals surface area contributed by atoms with Gasteiger partial charge < -0.3 is 5.32 Å². The summed E-state index contributed by atoms with van der Waals surface area (Å²) < 4.78 is 39.9. The summed E-state index contributed by atoms with van der Waals surface area (Å²) in [5, 5.41) is 3.66. The van der Waals surface area contributed by atoms with Gasteiger partial charge >= 0.3 is 0 Å². The van der Waals surface area contributed by atoms with Gasteiger partial charge in [-0.05, 0) is 48.0 Å². The third-order valence-corrected chi connectivity index (χ3v) is 7.78. The Hall–Kier alpha value is -2.81. The van der Waals surface area contributed by atoms with Crippen LogP contribution in [0.15, 0.2) is 76.8 Å². The number of aromatic nitrogens is 1. The third-order valence-electron chi connectivity index (χ3n) is 4.41. The first kappa shape index (κ1) is 20.5. The number of amides is 1. The molecule has 0 radical (unpaired) electrons. The molecule has 0 bridgehead atoms. The molecule has 152 valence electrons. The van der Waals surface area contributed by atoms with Gasteiger partial charge in [-0.25, -0.2) is 12.8 Å². The molecule has 1 N–H and O–H groups in total. The summed E-state index contributed by atoms with van der Waals surface area (Å²) in [6.07, 6.45) is 3.37. The predicted octanol–water partition coefficient (Wildman–Crippen LogP) is 4.85. The van der Waals surface area contributed by atoms with Crippen molar-refractivity contribution in [2.45, 2.75) is 16.3 Å². The van der Waals surface area contributed by atoms with Gasteiger partial charge in [0.15, 0.2) is 0 Å². The number of fused-ring (bicyclic) bond motifs is 1. The zero-order chi connectivity index (χ0) is 21.3. The van der Waals surface area contributed by atoms with Crippen LogP contribution >= 0.6 is 22.9 Å². The van der Waals surface area contributed by atoms with E-state index in [0.717, 1.165) is 27.8 Å². The van der Waals surface area contributed by atoms with E-state index >= 15 is 0 Å². The quantitative estimate of drug-likeness (QED) is 0.462. The number of hydrogen-bond acceptors (Lipinski definition) is 5. The lowest BCUT2D eigenvalue weighted by Gasteiger charge is -2.08. The molecule has 0 atom stereocenters. The number of nitrogens with zero attached hydrogens (tertiary/aromatic N) is 1. The molecule has 1 amide bonds. The van der Waals surface area contributed by atoms with Gasteiger partial charge in [0, 0.05) is 29.0 Å². The SMILES string of the molecule is O=C(NCc1ccc(S(=O)(=O)c2cc(F)ccc2Cl)cc1)c1cc2cnccc2s1. The van der Waals surface area contributed by atoms with Crippen LogP contribution in [0.4, 0.5) is 4.39 Å². The Labute approximate surface area is 181 Å². The van der Waals surface area contributed by atoms with Crippen molar-refractivity contribution in [1.82, 2.24) is 10.3 Å². The highest BCUT2D eigenvalue weighted by molar-refractivity contribution is 7.91. The Kier molecular flexibility index (Phi) is 5.55. The lowest BCUT2D eigenvalue weighted by atomic mass is 10.2. The average Bonchev–Trinajstić information content (AvgIpc) is 3.18. The topological polar surface area (TPSA) is 76.1 Å². The smallest absolute Gasteiger partial charge is 0.261 e. The van der Waals surface area contributed by atoms with E-state index < -0.39 is 15.7 Å². The van der Waals surface area contributed by atoms with Gasteiger partial charge in [-0.15, -0.1) is 11.3 Å². The maximum Gasteiger partial charge on any atom is 0.261 e. The molecule has 2 aromatic carbocycles. The third kappa shape index (κ3) is 4.07. The number of benzene rings is 2. The van der Waals surface area contributed by atoms with Gasteiger partial charge in [0.1, 0.15) is 5.82 Å². The summed E-state index contributed by atoms with van der Waals surface area (Å²) in [7, 11) is -3.96. The van der Waals surface area contributed by atoms with Gasteiger partial charge in [0.2, 0.25) is 9.84 Å². The molecule has 0 aliphatic rings. The van der Waals surface area contributed by atoms with Crippen LogP contribution in [0.3, 0.4) is 0 Å². The number of carbonyl (C=O) groups excluding carboxylic acids is 1. The van der Waals surface area contributed by atoms with Crippen LogP contribution in [0.5, 0.6) is 0 Å². The molecule has 4 aromatic rings. The van der Waals surface area contributed by atoms with E-state index in [1.54, 1.807) is 30.6 Å². The molecule has 0 spiro atoms. The maximum absolute atomic E-state index is 13.5. The number of pyridine rings is 1. The normalized spacial score (nSPS) is 11.5. The van der Waals surface area contributed by atoms with Crippen LogP contribution in [0.25, 0.3) is 10.1 Å². The highest BCUT2D eigenvalue weighted by Crippen LogP contribution is 2.28. The van der Waals surface area contributed by atoms with E-state index in [0.29, 0.717) is 4.88 Å². The fourth-order valence-electron chi connectivity index (χ4n) is 2.86. The molecule has 0 saturated heterocycles. The van der Waals surface area contributed by atoms with Gasteiger partial charge in [-0.3, -0.25) is 9.78 Å². The molecule has 0 saturated carbocycles. The van der Waals surface area contributed by atoms with Crippen molar-refractivity contribution in [3.63, 3.8) is 0 Å². The number of hydrogen-bond donors (Lipinski definition) is 1. The molecule has 0 unspecified atom stereocenters. The van der Waals surface area contributed by atoms with E-state index in [1.807, 2.05) is 6.07 Å². The molecule has 9 heteroatoms. The summed E-state index contributed by atoms with van der Waals surface area (Å²) in [6, 6.07) is 12.8. The van der Waals surface area contributed by atoms with Crippen LogP contribution in [0.2, 0.25) is 5.02 Å². The van der Waals surface area contributed by atoms with Crippen LogP contribution in [-0.2, 0) is 16.4 Å². The molecule has 30 heavy (non-hydrogen) atoms. The van der Waals surface area contributed by atoms with Crippen molar-refractivity contribution in [3.8, 4) is 0 Å². The Balaban J connectivity index is 1.48. The van der Waals surface area contributed by atoms with Crippen molar-refractivity contribution in [1.29, 1.82) is 0 Å². The number of halogens is 2. The Bertz CT molecular complexity index is 1320. The van der Waals surface area contributed by atoms with E-state index in [9.17, 15) is 17.6 Å². The minimum atomic E-state index is -3.96. The van der Waals surface area contributed by atoms with E-state index in [4.69, 9.17) is 11.6 Å². The van der Waals surface area contributed by atoms with Gasteiger partial charge in [0.05, 0.1) is 19.7 Å². The minimum Gasteiger partial charge on any atom is -0.347 e. The highest BCUT2D eigenvalue weighted by atomic mass is 35.5. The Morgan fingerprint density at radius 1 is 1.10 bits per heavy atom. The summed E-state index contributed by atoms with van der Waals surface area (Å²) in [6.45, 7) is 0.229. The van der Waals surface area contributed by atoms with Crippen LogP contribution < -0.4 is 5.32 Å². The van der Waals surface area contributed by atoms with Crippen LogP contribution in [-0.4, -0.2) is 19.3 Å². The molecular weight excluding hydrogens is 447 g/mol. The van der Waals surface area contributed by atoms with E-state index in [2.05, 4.69) is 10.3 Å². The fraction of sp³-hybridized carbons (Fsp3) is 0.0476. The van der Waals surface area contributed by atoms with Gasteiger partial charge in [-0.1, -0.05) is 23.7 Å². The molecule has 4 rings (SSSR count). The number of thiophene rings is 1. The molecule has 5 nitrogen and oxygen atoms in total. The van der Waals surface area contributed by atoms with Crippen molar-refractivity contribution in [2.24, 2.45) is 0 Å². The second kappa shape index (κ2) is 8.14. The largest absolute Gasteiger partial charge is 0.347 e. The number of sulfone groups is 1. The predicted molar refractivity (Wildman–Crippen MR) is 114 cm³/mol. The van der Waals surface area contributed by atoms with E-state index in [1.165, 1.54) is 29.5 Å². The first-order chi connectivity index (χ1) is 14.3. The van der Waals surface area contributed by atoms with Crippen molar-refractivity contribution in [3.05, 3.63) is 88.3 Å². The highest BCUT2D eigenvalue weighted by Gasteiger charge is 2.21. The minimum absolute atomic E-state index is 0.0120. The second-order valence-electron chi connectivity index (χ2n) is 6.43. The van der Waals surface area contributed by atoms with Crippen molar-refractivity contribution < 1.29 is 17.6 Å². The Morgan fingerprint density at radius 2 is 1.87 bits per heavy atom. The number of carbonyl (C=O) groups is 1. The van der Waals surface area contributed by atoms with Crippen LogP contribution in [0.1, 0.15) is 15.2 Å². The molecule has 0 fully saturated rings. The Morgan fingerprint density at radius 3 is 2.60 bits per heavy atom. The molecule has 2 aromatic heterocycles. The fourth-order valence-corrected chi connectivity index (χ4v) is 5.57. The number of nitrogens with one attached hydrogen (secondary N) is 1. The van der Waals surface area contributed by atoms with Crippen molar-refractivity contribution in [2.75, 3.05) is 0 Å². The average molecular weight is 461 g/mol. The lowest BCUT2D eigenvalue weighted by molar-refractivity contribution is 0.0955. The monoisotopic (exact) mass is 460 g/mol.